The molecule has 0 amide bonds. The van der Waals surface area contributed by atoms with E-state index < -0.39 is 0 Å². The molecule has 0 atom stereocenters. The SMILES string of the molecule is Fc1ccc2c(c1)cc(C1=CCCCC1)n2-c1ncccn1. The molecular formula is C18H16FN3. The number of benzene rings is 1. The van der Waals surface area contributed by atoms with Crippen LogP contribution in [0.5, 0.6) is 0 Å². The Morgan fingerprint density at radius 3 is 2.68 bits per heavy atom. The average molecular weight is 293 g/mol. The summed E-state index contributed by atoms with van der Waals surface area (Å²) in [6, 6.07) is 8.71. The summed E-state index contributed by atoms with van der Waals surface area (Å²) in [7, 11) is 0. The van der Waals surface area contributed by atoms with Gasteiger partial charge in [-0.15, -0.1) is 0 Å². The van der Waals surface area contributed by atoms with E-state index >= 15 is 0 Å². The van der Waals surface area contributed by atoms with Gasteiger partial charge in [0.25, 0.3) is 0 Å². The standard InChI is InChI=1S/C18H16FN3/c19-15-7-8-16-14(11-15)12-17(13-5-2-1-3-6-13)22(16)18-20-9-4-10-21-18/h4-5,7-12H,1-3,6H2. The molecule has 3 aromatic rings. The lowest BCUT2D eigenvalue weighted by Crippen LogP contribution is -2.05. The van der Waals surface area contributed by atoms with Crippen LogP contribution in [0.3, 0.4) is 0 Å². The van der Waals surface area contributed by atoms with Crippen LogP contribution in [0.15, 0.2) is 48.8 Å². The molecule has 2 aromatic heterocycles. The highest BCUT2D eigenvalue weighted by molar-refractivity contribution is 5.87. The molecule has 1 aliphatic carbocycles. The van der Waals surface area contributed by atoms with Crippen LogP contribution in [-0.4, -0.2) is 14.5 Å². The highest BCUT2D eigenvalue weighted by Crippen LogP contribution is 2.33. The number of allylic oxidation sites excluding steroid dienone is 2. The number of hydrogen-bond donors (Lipinski definition) is 0. The molecule has 22 heavy (non-hydrogen) atoms. The van der Waals surface area contributed by atoms with Crippen LogP contribution in [0.1, 0.15) is 31.4 Å². The van der Waals surface area contributed by atoms with Gasteiger partial charge in [0, 0.05) is 17.8 Å². The van der Waals surface area contributed by atoms with E-state index in [2.05, 4.69) is 16.0 Å². The Labute approximate surface area is 128 Å². The van der Waals surface area contributed by atoms with E-state index in [1.165, 1.54) is 24.5 Å². The third-order valence-electron chi connectivity index (χ3n) is 4.14. The molecule has 0 spiro atoms. The van der Waals surface area contributed by atoms with Gasteiger partial charge in [0.05, 0.1) is 11.2 Å². The molecule has 4 heteroatoms. The van der Waals surface area contributed by atoms with E-state index in [-0.39, 0.29) is 5.82 Å². The smallest absolute Gasteiger partial charge is 0.234 e. The Hall–Kier alpha value is -2.49. The quantitative estimate of drug-likeness (QED) is 0.695. The molecular weight excluding hydrogens is 277 g/mol. The van der Waals surface area contributed by atoms with Crippen LogP contribution in [0.2, 0.25) is 0 Å². The van der Waals surface area contributed by atoms with E-state index in [0.29, 0.717) is 5.95 Å². The summed E-state index contributed by atoms with van der Waals surface area (Å²) in [4.78, 5) is 8.76. The number of aromatic nitrogens is 3. The largest absolute Gasteiger partial charge is 0.278 e. The van der Waals surface area contributed by atoms with E-state index in [1.54, 1.807) is 30.6 Å². The van der Waals surface area contributed by atoms with Gasteiger partial charge < -0.3 is 0 Å². The van der Waals surface area contributed by atoms with E-state index in [9.17, 15) is 4.39 Å². The Morgan fingerprint density at radius 1 is 1.05 bits per heavy atom. The molecule has 4 rings (SSSR count). The van der Waals surface area contributed by atoms with Crippen molar-refractivity contribution in [3.8, 4) is 5.95 Å². The fraction of sp³-hybridized carbons (Fsp3) is 0.222. The molecule has 2 heterocycles. The first kappa shape index (κ1) is 13.2. The number of halogens is 1. The summed E-state index contributed by atoms with van der Waals surface area (Å²) < 4.78 is 15.6. The third kappa shape index (κ3) is 2.21. The molecule has 0 unspecified atom stereocenters. The second-order valence-electron chi connectivity index (χ2n) is 5.59. The second kappa shape index (κ2) is 5.37. The van der Waals surface area contributed by atoms with Crippen LogP contribution in [0, 0.1) is 5.82 Å². The van der Waals surface area contributed by atoms with Gasteiger partial charge in [-0.3, -0.25) is 4.57 Å². The maximum absolute atomic E-state index is 13.6. The first-order chi connectivity index (χ1) is 10.8. The Morgan fingerprint density at radius 2 is 1.91 bits per heavy atom. The minimum atomic E-state index is -0.220. The number of fused-ring (bicyclic) bond motifs is 1. The molecule has 110 valence electrons. The van der Waals surface area contributed by atoms with Gasteiger partial charge in [-0.25, -0.2) is 14.4 Å². The molecule has 1 aromatic carbocycles. The number of nitrogens with zero attached hydrogens (tertiary/aromatic N) is 3. The Bertz CT molecular complexity index is 849. The molecule has 0 bridgehead atoms. The Balaban J connectivity index is 2.00. The monoisotopic (exact) mass is 293 g/mol. The first-order valence-corrected chi connectivity index (χ1v) is 7.61. The zero-order valence-corrected chi connectivity index (χ0v) is 12.2. The van der Waals surface area contributed by atoms with Crippen LogP contribution < -0.4 is 0 Å². The maximum atomic E-state index is 13.6. The normalized spacial score (nSPS) is 15.0. The lowest BCUT2D eigenvalue weighted by molar-refractivity contribution is 0.629. The predicted octanol–water partition coefficient (Wildman–Crippen LogP) is 4.52. The van der Waals surface area contributed by atoms with Crippen LogP contribution >= 0.6 is 0 Å². The van der Waals surface area contributed by atoms with Crippen molar-refractivity contribution in [3.05, 3.63) is 60.3 Å². The number of rotatable bonds is 2. The van der Waals surface area contributed by atoms with Crippen molar-refractivity contribution in [2.24, 2.45) is 0 Å². The third-order valence-corrected chi connectivity index (χ3v) is 4.14. The molecule has 1 aliphatic rings. The van der Waals surface area contributed by atoms with Crippen molar-refractivity contribution in [1.29, 1.82) is 0 Å². The first-order valence-electron chi connectivity index (χ1n) is 7.61. The van der Waals surface area contributed by atoms with Crippen LogP contribution in [0.25, 0.3) is 22.4 Å². The lowest BCUT2D eigenvalue weighted by Gasteiger charge is -2.15. The van der Waals surface area contributed by atoms with Crippen LogP contribution in [0.4, 0.5) is 4.39 Å². The van der Waals surface area contributed by atoms with Crippen molar-refractivity contribution < 1.29 is 4.39 Å². The highest BCUT2D eigenvalue weighted by Gasteiger charge is 2.17. The highest BCUT2D eigenvalue weighted by atomic mass is 19.1. The van der Waals surface area contributed by atoms with Gasteiger partial charge in [0.1, 0.15) is 5.82 Å². The predicted molar refractivity (Wildman–Crippen MR) is 85.3 cm³/mol. The minimum absolute atomic E-state index is 0.220. The minimum Gasteiger partial charge on any atom is -0.278 e. The summed E-state index contributed by atoms with van der Waals surface area (Å²) in [5.41, 5.74) is 3.32. The lowest BCUT2D eigenvalue weighted by atomic mass is 9.97. The van der Waals surface area contributed by atoms with Gasteiger partial charge in [0.2, 0.25) is 5.95 Å². The number of hydrogen-bond acceptors (Lipinski definition) is 2. The van der Waals surface area contributed by atoms with Gasteiger partial charge >= 0.3 is 0 Å². The fourth-order valence-electron chi connectivity index (χ4n) is 3.12. The van der Waals surface area contributed by atoms with Crippen molar-refractivity contribution in [1.82, 2.24) is 14.5 Å². The molecule has 0 fully saturated rings. The summed E-state index contributed by atoms with van der Waals surface area (Å²) in [6.07, 6.45) is 10.3. The Kier molecular flexibility index (Phi) is 3.22. The van der Waals surface area contributed by atoms with Crippen molar-refractivity contribution >= 4 is 16.5 Å². The van der Waals surface area contributed by atoms with E-state index in [0.717, 1.165) is 29.4 Å². The molecule has 0 N–H and O–H groups in total. The van der Waals surface area contributed by atoms with Crippen molar-refractivity contribution in [2.75, 3.05) is 0 Å². The van der Waals surface area contributed by atoms with Crippen molar-refractivity contribution in [2.45, 2.75) is 25.7 Å². The summed E-state index contributed by atoms with van der Waals surface area (Å²) in [6.45, 7) is 0. The topological polar surface area (TPSA) is 30.7 Å². The molecule has 0 saturated heterocycles. The van der Waals surface area contributed by atoms with Crippen LogP contribution in [-0.2, 0) is 0 Å². The summed E-state index contributed by atoms with van der Waals surface area (Å²) in [5.74, 6) is 0.411. The molecule has 3 nitrogen and oxygen atoms in total. The van der Waals surface area contributed by atoms with Gasteiger partial charge in [-0.2, -0.15) is 0 Å². The molecule has 0 saturated carbocycles. The van der Waals surface area contributed by atoms with E-state index in [4.69, 9.17) is 0 Å². The van der Waals surface area contributed by atoms with Gasteiger partial charge in [-0.1, -0.05) is 6.08 Å². The second-order valence-corrected chi connectivity index (χ2v) is 5.59. The summed E-state index contributed by atoms with van der Waals surface area (Å²) in [5, 5.41) is 0.883. The maximum Gasteiger partial charge on any atom is 0.234 e. The summed E-state index contributed by atoms with van der Waals surface area (Å²) >= 11 is 0. The molecule has 0 radical (unpaired) electrons. The van der Waals surface area contributed by atoms with Gasteiger partial charge in [0.15, 0.2) is 0 Å². The van der Waals surface area contributed by atoms with E-state index in [1.807, 2.05) is 10.6 Å². The molecule has 0 aliphatic heterocycles. The zero-order valence-electron chi connectivity index (χ0n) is 12.2. The van der Waals surface area contributed by atoms with Crippen molar-refractivity contribution in [3.63, 3.8) is 0 Å². The average Bonchev–Trinajstić information content (AvgIpc) is 2.95. The van der Waals surface area contributed by atoms with Gasteiger partial charge in [-0.05, 0) is 61.6 Å². The fourth-order valence-corrected chi connectivity index (χ4v) is 3.12. The zero-order chi connectivity index (χ0) is 14.9.